The first-order valence-electron chi connectivity index (χ1n) is 5.55. The van der Waals surface area contributed by atoms with Gasteiger partial charge in [-0.3, -0.25) is 0 Å². The van der Waals surface area contributed by atoms with Gasteiger partial charge in [0.25, 0.3) is 0 Å². The highest BCUT2D eigenvalue weighted by Crippen LogP contribution is 2.33. The Morgan fingerprint density at radius 2 is 2.00 bits per heavy atom. The van der Waals surface area contributed by atoms with E-state index in [1.54, 1.807) is 0 Å². The van der Waals surface area contributed by atoms with Crippen LogP contribution in [0.3, 0.4) is 0 Å². The second kappa shape index (κ2) is 5.23. The summed E-state index contributed by atoms with van der Waals surface area (Å²) in [5, 5.41) is 9.58. The van der Waals surface area contributed by atoms with Crippen LogP contribution in [0.15, 0.2) is 29.2 Å². The van der Waals surface area contributed by atoms with E-state index >= 15 is 0 Å². The minimum atomic E-state index is 0.771. The highest BCUT2D eigenvalue weighted by atomic mass is 32.2. The van der Waals surface area contributed by atoms with Gasteiger partial charge in [-0.2, -0.15) is 5.26 Å². The van der Waals surface area contributed by atoms with E-state index in [-0.39, 0.29) is 0 Å². The Bertz CT molecular complexity index is 361. The van der Waals surface area contributed by atoms with Crippen molar-refractivity contribution in [3.8, 4) is 6.07 Å². The summed E-state index contributed by atoms with van der Waals surface area (Å²) >= 11 is 1.94. The Kier molecular flexibility index (Phi) is 3.69. The number of rotatable bonds is 2. The van der Waals surface area contributed by atoms with Gasteiger partial charge in [-0.25, -0.2) is 0 Å². The van der Waals surface area contributed by atoms with Gasteiger partial charge in [0.2, 0.25) is 0 Å². The quantitative estimate of drug-likeness (QED) is 0.748. The van der Waals surface area contributed by atoms with E-state index in [4.69, 9.17) is 5.26 Å². The van der Waals surface area contributed by atoms with Crippen LogP contribution in [-0.2, 0) is 0 Å². The van der Waals surface area contributed by atoms with Gasteiger partial charge in [-0.05, 0) is 31.0 Å². The molecular formula is C13H15NS. The largest absolute Gasteiger partial charge is 0.192 e. The van der Waals surface area contributed by atoms with Gasteiger partial charge in [-0.15, -0.1) is 11.8 Å². The van der Waals surface area contributed by atoms with E-state index < -0.39 is 0 Å². The predicted octanol–water partition coefficient (Wildman–Crippen LogP) is 3.98. The SMILES string of the molecule is N#Cc1cccc(SC2CCCCC2)c1. The van der Waals surface area contributed by atoms with Crippen molar-refractivity contribution >= 4 is 11.8 Å². The molecule has 0 aliphatic heterocycles. The smallest absolute Gasteiger partial charge is 0.0992 e. The lowest BCUT2D eigenvalue weighted by Gasteiger charge is -2.20. The molecule has 1 saturated carbocycles. The lowest BCUT2D eigenvalue weighted by Crippen LogP contribution is -2.07. The first-order chi connectivity index (χ1) is 7.38. The molecule has 0 spiro atoms. The van der Waals surface area contributed by atoms with E-state index in [2.05, 4.69) is 12.1 Å². The van der Waals surface area contributed by atoms with E-state index in [0.29, 0.717) is 0 Å². The summed E-state index contributed by atoms with van der Waals surface area (Å²) in [5.41, 5.74) is 0.774. The van der Waals surface area contributed by atoms with Gasteiger partial charge >= 0.3 is 0 Å². The Labute approximate surface area is 95.5 Å². The Balaban J connectivity index is 2.00. The summed E-state index contributed by atoms with van der Waals surface area (Å²) in [4.78, 5) is 1.25. The van der Waals surface area contributed by atoms with Crippen molar-refractivity contribution in [1.29, 1.82) is 5.26 Å². The summed E-state index contributed by atoms with van der Waals surface area (Å²) in [7, 11) is 0. The molecule has 0 heterocycles. The average molecular weight is 217 g/mol. The molecule has 1 aliphatic carbocycles. The molecule has 1 fully saturated rings. The molecule has 0 aromatic heterocycles. The molecule has 78 valence electrons. The lowest BCUT2D eigenvalue weighted by molar-refractivity contribution is 0.516. The summed E-state index contributed by atoms with van der Waals surface area (Å²) in [6.45, 7) is 0. The standard InChI is InChI=1S/C13H15NS/c14-10-11-5-4-8-13(9-11)15-12-6-2-1-3-7-12/h4-5,8-9,12H,1-3,6-7H2. The molecule has 15 heavy (non-hydrogen) atoms. The first-order valence-corrected chi connectivity index (χ1v) is 6.43. The van der Waals surface area contributed by atoms with Crippen molar-refractivity contribution in [2.45, 2.75) is 42.2 Å². The zero-order valence-corrected chi connectivity index (χ0v) is 9.59. The second-order valence-electron chi connectivity index (χ2n) is 4.02. The van der Waals surface area contributed by atoms with E-state index in [9.17, 15) is 0 Å². The van der Waals surface area contributed by atoms with Crippen LogP contribution in [-0.4, -0.2) is 5.25 Å². The molecule has 0 saturated heterocycles. The van der Waals surface area contributed by atoms with Gasteiger partial charge in [0.1, 0.15) is 0 Å². The molecule has 0 radical (unpaired) electrons. The molecule has 0 bridgehead atoms. The fourth-order valence-corrected chi connectivity index (χ4v) is 3.32. The molecule has 0 N–H and O–H groups in total. The van der Waals surface area contributed by atoms with Gasteiger partial charge in [0.15, 0.2) is 0 Å². The summed E-state index contributed by atoms with van der Waals surface area (Å²) in [6, 6.07) is 10.1. The van der Waals surface area contributed by atoms with Crippen LogP contribution in [0.1, 0.15) is 37.7 Å². The predicted molar refractivity (Wildman–Crippen MR) is 63.9 cm³/mol. The maximum atomic E-state index is 8.81. The van der Waals surface area contributed by atoms with E-state index in [0.717, 1.165) is 10.8 Å². The minimum Gasteiger partial charge on any atom is -0.192 e. The molecule has 1 nitrogen and oxygen atoms in total. The van der Waals surface area contributed by atoms with Crippen molar-refractivity contribution < 1.29 is 0 Å². The Hall–Kier alpha value is -0.940. The van der Waals surface area contributed by atoms with Crippen LogP contribution in [0.5, 0.6) is 0 Å². The summed E-state index contributed by atoms with van der Waals surface area (Å²) in [5.74, 6) is 0. The van der Waals surface area contributed by atoms with Crippen molar-refractivity contribution in [2.24, 2.45) is 0 Å². The fourth-order valence-electron chi connectivity index (χ4n) is 2.01. The minimum absolute atomic E-state index is 0.771. The number of nitrogens with zero attached hydrogens (tertiary/aromatic N) is 1. The zero-order valence-electron chi connectivity index (χ0n) is 8.78. The molecular weight excluding hydrogens is 202 g/mol. The Morgan fingerprint density at radius 3 is 2.73 bits per heavy atom. The Morgan fingerprint density at radius 1 is 1.20 bits per heavy atom. The third-order valence-electron chi connectivity index (χ3n) is 2.82. The topological polar surface area (TPSA) is 23.8 Å². The number of nitriles is 1. The van der Waals surface area contributed by atoms with Crippen LogP contribution in [0.4, 0.5) is 0 Å². The van der Waals surface area contributed by atoms with Crippen molar-refractivity contribution in [3.63, 3.8) is 0 Å². The molecule has 0 atom stereocenters. The first kappa shape index (κ1) is 10.6. The third kappa shape index (κ3) is 3.00. The summed E-state index contributed by atoms with van der Waals surface area (Å²) in [6.07, 6.45) is 6.81. The number of thioether (sulfide) groups is 1. The van der Waals surface area contributed by atoms with Crippen LogP contribution >= 0.6 is 11.8 Å². The van der Waals surface area contributed by atoms with Crippen molar-refractivity contribution in [1.82, 2.24) is 0 Å². The third-order valence-corrected chi connectivity index (χ3v) is 4.15. The molecule has 1 aromatic rings. The molecule has 0 amide bonds. The second-order valence-corrected chi connectivity index (χ2v) is 5.39. The number of benzene rings is 1. The van der Waals surface area contributed by atoms with Crippen LogP contribution in [0.2, 0.25) is 0 Å². The maximum Gasteiger partial charge on any atom is 0.0992 e. The van der Waals surface area contributed by atoms with Crippen molar-refractivity contribution in [3.05, 3.63) is 29.8 Å². The molecule has 0 unspecified atom stereocenters. The van der Waals surface area contributed by atoms with Gasteiger partial charge in [-0.1, -0.05) is 25.3 Å². The normalized spacial score (nSPS) is 17.3. The highest BCUT2D eigenvalue weighted by molar-refractivity contribution is 8.00. The highest BCUT2D eigenvalue weighted by Gasteiger charge is 2.14. The van der Waals surface area contributed by atoms with Crippen LogP contribution < -0.4 is 0 Å². The number of hydrogen-bond acceptors (Lipinski definition) is 2. The van der Waals surface area contributed by atoms with Gasteiger partial charge < -0.3 is 0 Å². The average Bonchev–Trinajstić information content (AvgIpc) is 2.31. The van der Waals surface area contributed by atoms with Crippen LogP contribution in [0.25, 0.3) is 0 Å². The monoisotopic (exact) mass is 217 g/mol. The van der Waals surface area contributed by atoms with Gasteiger partial charge in [0, 0.05) is 10.1 Å². The molecule has 2 heteroatoms. The van der Waals surface area contributed by atoms with Crippen molar-refractivity contribution in [2.75, 3.05) is 0 Å². The fraction of sp³-hybridized carbons (Fsp3) is 0.462. The summed E-state index contributed by atoms with van der Waals surface area (Å²) < 4.78 is 0. The number of hydrogen-bond donors (Lipinski definition) is 0. The molecule has 1 aliphatic rings. The zero-order chi connectivity index (χ0) is 10.5. The van der Waals surface area contributed by atoms with Crippen LogP contribution in [0, 0.1) is 11.3 Å². The van der Waals surface area contributed by atoms with E-state index in [1.807, 2.05) is 30.0 Å². The molecule has 2 rings (SSSR count). The van der Waals surface area contributed by atoms with E-state index in [1.165, 1.54) is 37.0 Å². The lowest BCUT2D eigenvalue weighted by atomic mass is 10.0. The maximum absolute atomic E-state index is 8.81. The molecule has 1 aromatic carbocycles. The van der Waals surface area contributed by atoms with Gasteiger partial charge in [0.05, 0.1) is 11.6 Å².